The Balaban J connectivity index is 1.66. The normalized spacial score (nSPS) is 16.1. The van der Waals surface area contributed by atoms with Crippen LogP contribution in [0.3, 0.4) is 0 Å². The average Bonchev–Trinajstić information content (AvgIpc) is 3.29. The molecule has 1 saturated heterocycles. The zero-order chi connectivity index (χ0) is 22.1. The molecule has 0 aliphatic carbocycles. The Morgan fingerprint density at radius 2 is 2.13 bits per heavy atom. The molecule has 1 unspecified atom stereocenters. The van der Waals surface area contributed by atoms with Crippen molar-refractivity contribution in [2.45, 2.75) is 33.4 Å². The molecular weight excluding hydrogens is 395 g/mol. The molecule has 164 valence electrons. The van der Waals surface area contributed by atoms with Gasteiger partial charge in [-0.2, -0.15) is 5.26 Å². The number of halogens is 1. The molecule has 0 radical (unpaired) electrons. The van der Waals surface area contributed by atoms with Crippen LogP contribution in [0.1, 0.15) is 35.6 Å². The van der Waals surface area contributed by atoms with Gasteiger partial charge in [-0.25, -0.2) is 9.38 Å². The Kier molecular flexibility index (Phi) is 8.25. The number of ether oxygens (including phenoxy) is 2. The second kappa shape index (κ2) is 11.3. The molecule has 1 fully saturated rings. The summed E-state index contributed by atoms with van der Waals surface area (Å²) >= 11 is 0. The van der Waals surface area contributed by atoms with Crippen molar-refractivity contribution in [1.82, 2.24) is 10.6 Å². The van der Waals surface area contributed by atoms with Gasteiger partial charge in [0.05, 0.1) is 31.4 Å². The molecule has 0 bridgehead atoms. The molecule has 7 heteroatoms. The molecular formula is C24H29FN4O2. The highest BCUT2D eigenvalue weighted by Gasteiger charge is 2.17. The van der Waals surface area contributed by atoms with Gasteiger partial charge in [0.25, 0.3) is 0 Å². The van der Waals surface area contributed by atoms with E-state index in [2.05, 4.69) is 21.7 Å². The van der Waals surface area contributed by atoms with Crippen LogP contribution in [0.25, 0.3) is 0 Å². The largest absolute Gasteiger partial charge is 0.493 e. The quantitative estimate of drug-likeness (QED) is 0.499. The van der Waals surface area contributed by atoms with Crippen LogP contribution in [0, 0.1) is 30.0 Å². The number of nitrogens with zero attached hydrogens (tertiary/aromatic N) is 2. The molecule has 2 aromatic carbocycles. The number of hydrogen-bond acceptors (Lipinski definition) is 4. The number of nitrogens with one attached hydrogen (secondary N) is 2. The summed E-state index contributed by atoms with van der Waals surface area (Å²) in [6.07, 6.45) is 1.03. The van der Waals surface area contributed by atoms with E-state index in [4.69, 9.17) is 14.7 Å². The van der Waals surface area contributed by atoms with Crippen LogP contribution in [-0.2, 0) is 17.8 Å². The topological polar surface area (TPSA) is 78.7 Å². The van der Waals surface area contributed by atoms with Crippen molar-refractivity contribution in [2.24, 2.45) is 10.9 Å². The van der Waals surface area contributed by atoms with E-state index in [0.29, 0.717) is 42.7 Å². The van der Waals surface area contributed by atoms with Crippen LogP contribution in [0.4, 0.5) is 4.39 Å². The summed E-state index contributed by atoms with van der Waals surface area (Å²) in [7, 11) is 0. The molecule has 1 heterocycles. The van der Waals surface area contributed by atoms with E-state index in [1.54, 1.807) is 0 Å². The zero-order valence-electron chi connectivity index (χ0n) is 18.1. The smallest absolute Gasteiger partial charge is 0.191 e. The fraction of sp³-hybridized carbons (Fsp3) is 0.417. The minimum Gasteiger partial charge on any atom is -0.493 e. The summed E-state index contributed by atoms with van der Waals surface area (Å²) < 4.78 is 25.6. The van der Waals surface area contributed by atoms with Crippen molar-refractivity contribution in [1.29, 1.82) is 5.26 Å². The molecule has 2 N–H and O–H groups in total. The summed E-state index contributed by atoms with van der Waals surface area (Å²) in [4.78, 5) is 4.48. The van der Waals surface area contributed by atoms with Crippen LogP contribution in [0.15, 0.2) is 41.4 Å². The van der Waals surface area contributed by atoms with Crippen LogP contribution in [0.2, 0.25) is 0 Å². The van der Waals surface area contributed by atoms with Crippen LogP contribution in [0.5, 0.6) is 5.75 Å². The van der Waals surface area contributed by atoms with Crippen molar-refractivity contribution in [3.63, 3.8) is 0 Å². The van der Waals surface area contributed by atoms with Crippen LogP contribution >= 0.6 is 0 Å². The van der Waals surface area contributed by atoms with Crippen molar-refractivity contribution >= 4 is 5.96 Å². The third-order valence-corrected chi connectivity index (χ3v) is 5.09. The second-order valence-corrected chi connectivity index (χ2v) is 7.62. The maximum atomic E-state index is 14.1. The van der Waals surface area contributed by atoms with Crippen molar-refractivity contribution < 1.29 is 13.9 Å². The van der Waals surface area contributed by atoms with Gasteiger partial charge in [0.15, 0.2) is 5.96 Å². The SMILES string of the molecule is CCNC(=NCc1cc(C#N)ccc1F)NCc1ccc(C)cc1OCC1CCOC1. The van der Waals surface area contributed by atoms with Gasteiger partial charge in [0, 0.05) is 36.7 Å². The van der Waals surface area contributed by atoms with E-state index in [1.807, 2.05) is 32.0 Å². The minimum atomic E-state index is -0.372. The van der Waals surface area contributed by atoms with Crippen LogP contribution in [-0.4, -0.2) is 32.3 Å². The van der Waals surface area contributed by atoms with Gasteiger partial charge in [-0.1, -0.05) is 12.1 Å². The Morgan fingerprint density at radius 3 is 2.87 bits per heavy atom. The summed E-state index contributed by atoms with van der Waals surface area (Å²) in [5.41, 5.74) is 2.95. The standard InChI is InChI=1S/C24H29FN4O2/c1-3-27-24(29-14-21-11-18(12-26)5-7-22(21)25)28-13-20-6-4-17(2)10-23(20)31-16-19-8-9-30-15-19/h4-7,10-11,19H,3,8-9,13-16H2,1-2H3,(H2,27,28,29). The molecule has 1 atom stereocenters. The number of aliphatic imine (C=N–C) groups is 1. The van der Waals surface area contributed by atoms with Gasteiger partial charge in [0.1, 0.15) is 11.6 Å². The highest BCUT2D eigenvalue weighted by molar-refractivity contribution is 5.79. The van der Waals surface area contributed by atoms with Gasteiger partial charge in [-0.05, 0) is 50.1 Å². The van der Waals surface area contributed by atoms with E-state index in [1.165, 1.54) is 18.2 Å². The van der Waals surface area contributed by atoms with Crippen molar-refractivity contribution in [2.75, 3.05) is 26.4 Å². The average molecular weight is 425 g/mol. The molecule has 1 aliphatic heterocycles. The van der Waals surface area contributed by atoms with E-state index >= 15 is 0 Å². The molecule has 0 spiro atoms. The fourth-order valence-corrected chi connectivity index (χ4v) is 3.31. The monoisotopic (exact) mass is 424 g/mol. The maximum Gasteiger partial charge on any atom is 0.191 e. The number of benzene rings is 2. The first-order valence-electron chi connectivity index (χ1n) is 10.6. The van der Waals surface area contributed by atoms with Crippen molar-refractivity contribution in [3.8, 4) is 11.8 Å². The van der Waals surface area contributed by atoms with Crippen LogP contribution < -0.4 is 15.4 Å². The lowest BCUT2D eigenvalue weighted by Crippen LogP contribution is -2.37. The Morgan fingerprint density at radius 1 is 1.26 bits per heavy atom. The molecule has 3 rings (SSSR count). The lowest BCUT2D eigenvalue weighted by molar-refractivity contribution is 0.166. The number of hydrogen-bond donors (Lipinski definition) is 2. The summed E-state index contributed by atoms with van der Waals surface area (Å²) in [6.45, 7) is 7.52. The fourth-order valence-electron chi connectivity index (χ4n) is 3.31. The summed E-state index contributed by atoms with van der Waals surface area (Å²) in [5, 5.41) is 15.5. The lowest BCUT2D eigenvalue weighted by Gasteiger charge is -2.17. The van der Waals surface area contributed by atoms with Gasteiger partial charge >= 0.3 is 0 Å². The first kappa shape index (κ1) is 22.6. The van der Waals surface area contributed by atoms with Gasteiger partial charge in [0.2, 0.25) is 0 Å². The third-order valence-electron chi connectivity index (χ3n) is 5.09. The number of guanidine groups is 1. The number of rotatable bonds is 8. The Labute approximate surface area is 183 Å². The van der Waals surface area contributed by atoms with E-state index in [9.17, 15) is 4.39 Å². The molecule has 31 heavy (non-hydrogen) atoms. The van der Waals surface area contributed by atoms with E-state index in [0.717, 1.165) is 36.5 Å². The zero-order valence-corrected chi connectivity index (χ0v) is 18.1. The van der Waals surface area contributed by atoms with E-state index < -0.39 is 0 Å². The second-order valence-electron chi connectivity index (χ2n) is 7.62. The third kappa shape index (κ3) is 6.69. The minimum absolute atomic E-state index is 0.135. The first-order chi connectivity index (χ1) is 15.1. The molecule has 6 nitrogen and oxygen atoms in total. The molecule has 0 aromatic heterocycles. The lowest BCUT2D eigenvalue weighted by atomic mass is 10.1. The highest BCUT2D eigenvalue weighted by Crippen LogP contribution is 2.22. The maximum absolute atomic E-state index is 14.1. The highest BCUT2D eigenvalue weighted by atomic mass is 19.1. The Hall–Kier alpha value is -3.11. The van der Waals surface area contributed by atoms with Gasteiger partial charge in [-0.3, -0.25) is 0 Å². The predicted octanol–water partition coefficient (Wildman–Crippen LogP) is 3.68. The van der Waals surface area contributed by atoms with Gasteiger partial charge in [-0.15, -0.1) is 0 Å². The molecule has 0 amide bonds. The van der Waals surface area contributed by atoms with E-state index in [-0.39, 0.29) is 12.4 Å². The molecule has 1 aliphatic rings. The summed E-state index contributed by atoms with van der Waals surface area (Å²) in [6, 6.07) is 12.5. The van der Waals surface area contributed by atoms with Crippen molar-refractivity contribution in [3.05, 3.63) is 64.5 Å². The number of aryl methyl sites for hydroxylation is 1. The first-order valence-corrected chi connectivity index (χ1v) is 10.6. The van der Waals surface area contributed by atoms with Gasteiger partial charge < -0.3 is 20.1 Å². The Bertz CT molecular complexity index is 949. The predicted molar refractivity (Wildman–Crippen MR) is 118 cm³/mol. The molecule has 0 saturated carbocycles. The number of nitriles is 1. The molecule has 2 aromatic rings. The summed E-state index contributed by atoms with van der Waals surface area (Å²) in [5.74, 6) is 1.48.